The maximum absolute atomic E-state index is 13.0. The number of carbonyl (C=O) groups excluding carboxylic acids is 2. The molecule has 0 aliphatic carbocycles. The van der Waals surface area contributed by atoms with Crippen molar-refractivity contribution in [2.75, 3.05) is 25.0 Å². The van der Waals surface area contributed by atoms with Crippen LogP contribution < -0.4 is 10.2 Å². The van der Waals surface area contributed by atoms with Crippen molar-refractivity contribution >= 4 is 29.0 Å². The molecular weight excluding hydrogens is 355 g/mol. The lowest BCUT2D eigenvalue weighted by atomic mass is 9.89. The van der Waals surface area contributed by atoms with Crippen LogP contribution in [-0.2, 0) is 4.79 Å². The minimum atomic E-state index is -0.342. The molecule has 0 radical (unpaired) electrons. The molecular formula is C20H21ClFN2O2+. The Balaban J connectivity index is 1.49. The average molecular weight is 376 g/mol. The normalized spacial score (nSPS) is 19.8. The Bertz CT molecular complexity index is 787. The fourth-order valence-corrected chi connectivity index (χ4v) is 3.48. The molecule has 2 aromatic rings. The van der Waals surface area contributed by atoms with Crippen molar-refractivity contribution in [1.82, 2.24) is 0 Å². The fraction of sp³-hybridized carbons (Fsp3) is 0.300. The first kappa shape index (κ1) is 18.5. The molecule has 0 saturated carbocycles. The summed E-state index contributed by atoms with van der Waals surface area (Å²) >= 11 is 6.05. The topological polar surface area (TPSA) is 50.6 Å². The van der Waals surface area contributed by atoms with Crippen molar-refractivity contribution in [3.8, 4) is 0 Å². The van der Waals surface area contributed by atoms with Crippen LogP contribution in [0.4, 0.5) is 10.1 Å². The largest absolute Gasteiger partial charge is 0.327 e. The first-order valence-electron chi connectivity index (χ1n) is 8.70. The maximum Gasteiger partial charge on any atom is 0.279 e. The summed E-state index contributed by atoms with van der Waals surface area (Å²) in [5, 5.41) is 3.34. The van der Waals surface area contributed by atoms with Gasteiger partial charge in [-0.1, -0.05) is 23.7 Å². The summed E-state index contributed by atoms with van der Waals surface area (Å²) in [5.41, 5.74) is 1.16. The van der Waals surface area contributed by atoms with Gasteiger partial charge in [-0.15, -0.1) is 0 Å². The van der Waals surface area contributed by atoms with Gasteiger partial charge >= 0.3 is 0 Å². The molecule has 0 aromatic heterocycles. The van der Waals surface area contributed by atoms with E-state index in [2.05, 4.69) is 5.32 Å². The van der Waals surface area contributed by atoms with Gasteiger partial charge in [-0.05, 0) is 36.4 Å². The average Bonchev–Trinajstić information content (AvgIpc) is 2.64. The third-order valence-electron chi connectivity index (χ3n) is 4.75. The zero-order valence-corrected chi connectivity index (χ0v) is 15.1. The van der Waals surface area contributed by atoms with E-state index in [-0.39, 0.29) is 23.4 Å². The van der Waals surface area contributed by atoms with Gasteiger partial charge < -0.3 is 10.2 Å². The van der Waals surface area contributed by atoms with Gasteiger partial charge in [0.05, 0.1) is 23.8 Å². The number of hydrogen-bond acceptors (Lipinski definition) is 2. The number of hydrogen-bond donors (Lipinski definition) is 2. The second-order valence-electron chi connectivity index (χ2n) is 6.60. The lowest BCUT2D eigenvalue weighted by Gasteiger charge is -2.28. The van der Waals surface area contributed by atoms with Crippen LogP contribution in [-0.4, -0.2) is 31.3 Å². The van der Waals surface area contributed by atoms with E-state index in [9.17, 15) is 14.0 Å². The van der Waals surface area contributed by atoms with Crippen LogP contribution in [0.25, 0.3) is 0 Å². The summed E-state index contributed by atoms with van der Waals surface area (Å²) in [4.78, 5) is 25.9. The molecule has 0 bridgehead atoms. The van der Waals surface area contributed by atoms with E-state index in [1.807, 2.05) is 12.1 Å². The number of halogens is 2. The molecule has 1 aliphatic rings. The van der Waals surface area contributed by atoms with Crippen molar-refractivity contribution in [2.24, 2.45) is 5.92 Å². The van der Waals surface area contributed by atoms with E-state index < -0.39 is 0 Å². The predicted molar refractivity (Wildman–Crippen MR) is 99.1 cm³/mol. The van der Waals surface area contributed by atoms with Crippen LogP contribution in [0.2, 0.25) is 5.02 Å². The highest BCUT2D eigenvalue weighted by Crippen LogP contribution is 2.20. The monoisotopic (exact) mass is 375 g/mol. The SMILES string of the molecule is O=C(C[NH+]1CCC(C(=O)c2ccc(F)cc2)CC1)Nc1ccccc1Cl. The summed E-state index contributed by atoms with van der Waals surface area (Å²) in [6, 6.07) is 12.8. The number of Topliss-reactive ketones (excluding diaryl/α,β-unsaturated/α-hetero) is 1. The molecule has 2 N–H and O–H groups in total. The first-order chi connectivity index (χ1) is 12.5. The second-order valence-corrected chi connectivity index (χ2v) is 7.01. The third-order valence-corrected chi connectivity index (χ3v) is 5.08. The Morgan fingerprint density at radius 2 is 1.73 bits per heavy atom. The van der Waals surface area contributed by atoms with E-state index in [1.165, 1.54) is 24.3 Å². The Morgan fingerprint density at radius 3 is 2.38 bits per heavy atom. The number of amides is 1. The molecule has 1 aliphatic heterocycles. The maximum atomic E-state index is 13.0. The minimum Gasteiger partial charge on any atom is -0.327 e. The van der Waals surface area contributed by atoms with Crippen LogP contribution in [0.3, 0.4) is 0 Å². The number of ketones is 1. The van der Waals surface area contributed by atoms with Crippen molar-refractivity contribution in [3.05, 3.63) is 64.9 Å². The number of para-hydroxylation sites is 1. The summed E-state index contributed by atoms with van der Waals surface area (Å²) in [6.45, 7) is 1.86. The summed E-state index contributed by atoms with van der Waals surface area (Å²) in [5.74, 6) is -0.429. The van der Waals surface area contributed by atoms with Crippen LogP contribution in [0.1, 0.15) is 23.2 Å². The third kappa shape index (κ3) is 4.68. The zero-order chi connectivity index (χ0) is 18.5. The van der Waals surface area contributed by atoms with E-state index in [0.29, 0.717) is 22.8 Å². The Labute approximate surface area is 157 Å². The van der Waals surface area contributed by atoms with Gasteiger partial charge in [0.25, 0.3) is 5.91 Å². The molecule has 0 spiro atoms. The molecule has 1 fully saturated rings. The Kier molecular flexibility index (Phi) is 6.01. The second kappa shape index (κ2) is 8.43. The summed E-state index contributed by atoms with van der Waals surface area (Å²) < 4.78 is 13.0. The number of rotatable bonds is 5. The van der Waals surface area contributed by atoms with Crippen LogP contribution in [0.15, 0.2) is 48.5 Å². The highest BCUT2D eigenvalue weighted by atomic mass is 35.5. The van der Waals surface area contributed by atoms with Crippen LogP contribution in [0.5, 0.6) is 0 Å². The van der Waals surface area contributed by atoms with Gasteiger partial charge in [0.2, 0.25) is 0 Å². The number of nitrogens with one attached hydrogen (secondary N) is 2. The smallest absolute Gasteiger partial charge is 0.279 e. The van der Waals surface area contributed by atoms with E-state index in [1.54, 1.807) is 12.1 Å². The van der Waals surface area contributed by atoms with Gasteiger partial charge in [0.15, 0.2) is 12.3 Å². The minimum absolute atomic E-state index is 0.0594. The lowest BCUT2D eigenvalue weighted by Crippen LogP contribution is -3.14. The number of carbonyl (C=O) groups is 2. The first-order valence-corrected chi connectivity index (χ1v) is 9.08. The molecule has 1 amide bonds. The Morgan fingerprint density at radius 1 is 1.08 bits per heavy atom. The van der Waals surface area contributed by atoms with E-state index in [0.717, 1.165) is 30.8 Å². The molecule has 2 aromatic carbocycles. The standard InChI is InChI=1S/C20H20ClFN2O2/c21-17-3-1-2-4-18(17)23-19(25)13-24-11-9-15(10-12-24)20(26)14-5-7-16(22)8-6-14/h1-8,15H,9-13H2,(H,23,25)/p+1. The van der Waals surface area contributed by atoms with Crippen LogP contribution >= 0.6 is 11.6 Å². The molecule has 26 heavy (non-hydrogen) atoms. The molecule has 1 saturated heterocycles. The highest BCUT2D eigenvalue weighted by Gasteiger charge is 2.29. The van der Waals surface area contributed by atoms with E-state index in [4.69, 9.17) is 11.6 Å². The van der Waals surface area contributed by atoms with Crippen molar-refractivity contribution in [3.63, 3.8) is 0 Å². The van der Waals surface area contributed by atoms with Crippen LogP contribution in [0, 0.1) is 11.7 Å². The van der Waals surface area contributed by atoms with Gasteiger partial charge in [-0.3, -0.25) is 9.59 Å². The Hall–Kier alpha value is -2.24. The molecule has 3 rings (SSSR count). The van der Waals surface area contributed by atoms with Gasteiger partial charge in [-0.2, -0.15) is 0 Å². The van der Waals surface area contributed by atoms with Crippen molar-refractivity contribution in [1.29, 1.82) is 0 Å². The van der Waals surface area contributed by atoms with Gasteiger partial charge in [0.1, 0.15) is 5.82 Å². The molecule has 0 unspecified atom stereocenters. The van der Waals surface area contributed by atoms with Crippen molar-refractivity contribution in [2.45, 2.75) is 12.8 Å². The van der Waals surface area contributed by atoms with E-state index >= 15 is 0 Å². The number of quaternary nitrogens is 1. The number of piperidine rings is 1. The molecule has 6 heteroatoms. The highest BCUT2D eigenvalue weighted by molar-refractivity contribution is 6.33. The fourth-order valence-electron chi connectivity index (χ4n) is 3.30. The summed E-state index contributed by atoms with van der Waals surface area (Å²) in [7, 11) is 0. The molecule has 4 nitrogen and oxygen atoms in total. The summed E-state index contributed by atoms with van der Waals surface area (Å²) in [6.07, 6.45) is 1.45. The number of benzene rings is 2. The lowest BCUT2D eigenvalue weighted by molar-refractivity contribution is -0.897. The molecule has 136 valence electrons. The molecule has 1 heterocycles. The predicted octanol–water partition coefficient (Wildman–Crippen LogP) is 2.60. The molecule has 0 atom stereocenters. The van der Waals surface area contributed by atoms with Crippen molar-refractivity contribution < 1.29 is 18.9 Å². The quantitative estimate of drug-likeness (QED) is 0.789. The van der Waals surface area contributed by atoms with Gasteiger partial charge in [0, 0.05) is 24.3 Å². The number of likely N-dealkylation sites (tertiary alicyclic amines) is 1. The number of anilines is 1. The zero-order valence-electron chi connectivity index (χ0n) is 14.3. The van der Waals surface area contributed by atoms with Gasteiger partial charge in [-0.25, -0.2) is 4.39 Å².